The zero-order chi connectivity index (χ0) is 30.7. The Labute approximate surface area is 243 Å². The van der Waals surface area contributed by atoms with Gasteiger partial charge in [-0.15, -0.1) is 0 Å². The maximum absolute atomic E-state index is 14.1. The predicted octanol–water partition coefficient (Wildman–Crippen LogP) is 4.86. The highest BCUT2D eigenvalue weighted by molar-refractivity contribution is 5.95. The highest BCUT2D eigenvalue weighted by atomic mass is 19.4. The highest BCUT2D eigenvalue weighted by Gasteiger charge is 2.59. The van der Waals surface area contributed by atoms with Gasteiger partial charge in [-0.2, -0.15) is 13.2 Å². The number of aromatic nitrogens is 1. The number of pyridine rings is 1. The van der Waals surface area contributed by atoms with Crippen LogP contribution < -0.4 is 25.3 Å². The summed E-state index contributed by atoms with van der Waals surface area (Å²) in [4.78, 5) is 17.4. The van der Waals surface area contributed by atoms with Gasteiger partial charge in [-0.3, -0.25) is 4.79 Å². The van der Waals surface area contributed by atoms with Gasteiger partial charge >= 0.3 is 6.18 Å². The molecule has 1 aromatic heterocycles. The summed E-state index contributed by atoms with van der Waals surface area (Å²) in [5.74, 6) is -2.44. The second-order valence-electron chi connectivity index (χ2n) is 11.4. The average Bonchev–Trinajstić information content (AvgIpc) is 3.89. The first-order chi connectivity index (χ1) is 20.2. The van der Waals surface area contributed by atoms with Gasteiger partial charge in [0.15, 0.2) is 34.4 Å². The van der Waals surface area contributed by atoms with E-state index in [4.69, 9.17) is 19.9 Å². The number of hydrogen-bond acceptors (Lipinski definition) is 7. The van der Waals surface area contributed by atoms with Crippen LogP contribution in [0.1, 0.15) is 54.2 Å². The van der Waals surface area contributed by atoms with E-state index in [2.05, 4.69) is 10.3 Å². The van der Waals surface area contributed by atoms with Crippen LogP contribution in [0.5, 0.6) is 17.2 Å². The van der Waals surface area contributed by atoms with Crippen LogP contribution in [0.3, 0.4) is 0 Å². The van der Waals surface area contributed by atoms with Crippen LogP contribution in [0, 0.1) is 11.6 Å². The highest BCUT2D eigenvalue weighted by Crippen LogP contribution is 2.49. The van der Waals surface area contributed by atoms with Crippen molar-refractivity contribution in [1.82, 2.24) is 10.3 Å². The molecule has 13 heteroatoms. The molecule has 6 rings (SSSR count). The SMILES string of the molecule is CC(O)(CNC(=O)c1ccc(OC2CC2)c(OC2CC2)c1)c1cc2c(c(-c3ccc(F)c(F)c3)n1)OC[C@@]2(N)C(F)(F)F. The summed E-state index contributed by atoms with van der Waals surface area (Å²) < 4.78 is 87.1. The smallest absolute Gasteiger partial charge is 0.414 e. The molecular formula is C30H28F5N3O5. The molecular weight excluding hydrogens is 577 g/mol. The molecule has 0 spiro atoms. The first-order valence-electron chi connectivity index (χ1n) is 13.7. The molecule has 2 atom stereocenters. The molecule has 2 fully saturated rings. The van der Waals surface area contributed by atoms with Crippen molar-refractivity contribution in [3.8, 4) is 28.5 Å². The van der Waals surface area contributed by atoms with Crippen LogP contribution in [0.15, 0.2) is 42.5 Å². The first-order valence-corrected chi connectivity index (χ1v) is 13.7. The van der Waals surface area contributed by atoms with E-state index in [1.54, 1.807) is 18.2 Å². The zero-order valence-corrected chi connectivity index (χ0v) is 22.9. The molecule has 8 nitrogen and oxygen atoms in total. The van der Waals surface area contributed by atoms with Gasteiger partial charge in [-0.05, 0) is 75.1 Å². The minimum absolute atomic E-state index is 0.0469. The number of ether oxygens (including phenoxy) is 3. The molecule has 2 aromatic carbocycles. The number of aliphatic hydroxyl groups is 1. The van der Waals surface area contributed by atoms with E-state index in [0.717, 1.165) is 49.9 Å². The second kappa shape index (κ2) is 10.3. The Kier molecular flexibility index (Phi) is 7.00. The number of carbonyl (C=O) groups excluding carboxylic acids is 1. The molecule has 0 saturated heterocycles. The van der Waals surface area contributed by atoms with Crippen molar-refractivity contribution < 1.29 is 46.1 Å². The lowest BCUT2D eigenvalue weighted by atomic mass is 9.88. The molecule has 0 radical (unpaired) electrons. The quantitative estimate of drug-likeness (QED) is 0.299. The number of hydrogen-bond donors (Lipinski definition) is 3. The number of nitrogens with two attached hydrogens (primary N) is 1. The van der Waals surface area contributed by atoms with Gasteiger partial charge in [0.25, 0.3) is 5.91 Å². The van der Waals surface area contributed by atoms with Gasteiger partial charge in [0, 0.05) is 16.7 Å². The van der Waals surface area contributed by atoms with Crippen LogP contribution in [-0.2, 0) is 11.1 Å². The number of nitrogens with zero attached hydrogens (tertiary/aromatic N) is 1. The van der Waals surface area contributed by atoms with E-state index in [0.29, 0.717) is 11.5 Å². The van der Waals surface area contributed by atoms with Crippen LogP contribution >= 0.6 is 0 Å². The fraction of sp³-hybridized carbons (Fsp3) is 0.400. The fourth-order valence-corrected chi connectivity index (χ4v) is 4.64. The van der Waals surface area contributed by atoms with Gasteiger partial charge < -0.3 is 30.4 Å². The van der Waals surface area contributed by atoms with E-state index in [1.165, 1.54) is 6.92 Å². The maximum atomic E-state index is 14.1. The Morgan fingerprint density at radius 3 is 2.35 bits per heavy atom. The second-order valence-corrected chi connectivity index (χ2v) is 11.4. The summed E-state index contributed by atoms with van der Waals surface area (Å²) in [6.07, 6.45) is -1.13. The maximum Gasteiger partial charge on any atom is 0.414 e. The van der Waals surface area contributed by atoms with Crippen molar-refractivity contribution in [2.75, 3.05) is 13.2 Å². The van der Waals surface area contributed by atoms with E-state index >= 15 is 0 Å². The largest absolute Gasteiger partial charge is 0.488 e. The monoisotopic (exact) mass is 605 g/mol. The topological polar surface area (TPSA) is 116 Å². The zero-order valence-electron chi connectivity index (χ0n) is 22.9. The van der Waals surface area contributed by atoms with Gasteiger partial charge in [0.1, 0.15) is 17.9 Å². The molecule has 228 valence electrons. The third kappa shape index (κ3) is 5.70. The minimum atomic E-state index is -4.96. The Hall–Kier alpha value is -3.97. The third-order valence-corrected chi connectivity index (χ3v) is 7.58. The Morgan fingerprint density at radius 2 is 1.72 bits per heavy atom. The number of fused-ring (bicyclic) bond motifs is 1. The van der Waals surface area contributed by atoms with Gasteiger partial charge in [0.05, 0.1) is 24.4 Å². The number of nitrogens with one attached hydrogen (secondary N) is 1. The minimum Gasteiger partial charge on any atom is -0.488 e. The number of amides is 1. The van der Waals surface area contributed by atoms with Crippen molar-refractivity contribution in [2.45, 2.75) is 62.1 Å². The van der Waals surface area contributed by atoms with Crippen molar-refractivity contribution in [2.24, 2.45) is 5.73 Å². The van der Waals surface area contributed by atoms with Crippen molar-refractivity contribution in [1.29, 1.82) is 0 Å². The normalized spacial score (nSPS) is 21.0. The Balaban J connectivity index is 1.30. The molecule has 2 aliphatic carbocycles. The number of halogens is 5. The standard InChI is InChI=1S/C30H28F5N3O5/c1-28(40,13-37-27(39)16-3-9-22(42-17-4-5-17)23(11-16)43-18-6-7-18)24-12-19-26(41-14-29(19,36)30(33,34)35)25(38-24)15-2-8-20(31)21(32)10-15/h2-3,8-12,17-18,40H,4-7,13-14,36H2,1H3,(H,37,39)/t28?,29-/m0/s1. The molecule has 0 bridgehead atoms. The summed E-state index contributed by atoms with van der Waals surface area (Å²) in [6, 6.07) is 8.34. The van der Waals surface area contributed by atoms with E-state index in [9.17, 15) is 31.9 Å². The predicted molar refractivity (Wildman–Crippen MR) is 143 cm³/mol. The van der Waals surface area contributed by atoms with E-state index in [-0.39, 0.29) is 40.5 Å². The lowest BCUT2D eigenvalue weighted by Gasteiger charge is -2.28. The summed E-state index contributed by atoms with van der Waals surface area (Å²) in [5.41, 5.74) is -0.223. The third-order valence-electron chi connectivity index (χ3n) is 7.58. The van der Waals surface area contributed by atoms with Crippen LogP contribution in [0.25, 0.3) is 11.3 Å². The summed E-state index contributed by atoms with van der Waals surface area (Å²) in [5, 5.41) is 14.0. The van der Waals surface area contributed by atoms with Crippen LogP contribution in [0.2, 0.25) is 0 Å². The lowest BCUT2D eigenvalue weighted by molar-refractivity contribution is -0.191. The van der Waals surface area contributed by atoms with Crippen LogP contribution in [-0.4, -0.2) is 47.5 Å². The number of benzene rings is 2. The summed E-state index contributed by atoms with van der Waals surface area (Å²) in [6.45, 7) is -0.219. The van der Waals surface area contributed by atoms with E-state index < -0.39 is 53.6 Å². The summed E-state index contributed by atoms with van der Waals surface area (Å²) >= 11 is 0. The molecule has 1 amide bonds. The Bertz CT molecular complexity index is 1590. The van der Waals surface area contributed by atoms with Crippen molar-refractivity contribution in [3.63, 3.8) is 0 Å². The molecule has 2 heterocycles. The van der Waals surface area contributed by atoms with Crippen molar-refractivity contribution >= 4 is 5.91 Å². The van der Waals surface area contributed by atoms with Gasteiger partial charge in [0.2, 0.25) is 0 Å². The first kappa shape index (κ1) is 29.1. The fourth-order valence-electron chi connectivity index (χ4n) is 4.64. The number of alkyl halides is 3. The van der Waals surface area contributed by atoms with Gasteiger partial charge in [-0.1, -0.05) is 0 Å². The van der Waals surface area contributed by atoms with Crippen LogP contribution in [0.4, 0.5) is 22.0 Å². The molecule has 3 aromatic rings. The molecule has 2 saturated carbocycles. The number of rotatable bonds is 9. The van der Waals surface area contributed by atoms with Gasteiger partial charge in [-0.25, -0.2) is 13.8 Å². The number of carbonyl (C=O) groups is 1. The van der Waals surface area contributed by atoms with Crippen molar-refractivity contribution in [3.05, 3.63) is 70.9 Å². The summed E-state index contributed by atoms with van der Waals surface area (Å²) in [7, 11) is 0. The molecule has 1 aliphatic heterocycles. The molecule has 43 heavy (non-hydrogen) atoms. The lowest BCUT2D eigenvalue weighted by Crippen LogP contribution is -2.52. The molecule has 3 aliphatic rings. The average molecular weight is 606 g/mol. The molecule has 1 unspecified atom stereocenters. The Morgan fingerprint density at radius 1 is 1.05 bits per heavy atom. The molecule has 4 N–H and O–H groups in total. The van der Waals surface area contributed by atoms with E-state index in [1.807, 2.05) is 0 Å².